The van der Waals surface area contributed by atoms with Crippen LogP contribution in [0.5, 0.6) is 0 Å². The van der Waals surface area contributed by atoms with Crippen LogP contribution in [0.15, 0.2) is 24.3 Å². The van der Waals surface area contributed by atoms with Crippen LogP contribution < -0.4 is 5.32 Å². The molecule has 0 amide bonds. The normalized spacial score (nSPS) is 11.6. The maximum Gasteiger partial charge on any atom is 0.445 e. The van der Waals surface area contributed by atoms with Crippen LogP contribution in [0, 0.1) is 5.82 Å². The molecule has 0 saturated heterocycles. The molecule has 0 aliphatic heterocycles. The van der Waals surface area contributed by atoms with Gasteiger partial charge in [0.1, 0.15) is 5.82 Å². The van der Waals surface area contributed by atoms with Crippen LogP contribution in [0.2, 0.25) is 0 Å². The van der Waals surface area contributed by atoms with Crippen molar-refractivity contribution >= 4 is 16.5 Å². The summed E-state index contributed by atoms with van der Waals surface area (Å²) in [6.07, 6.45) is -4.13. The highest BCUT2D eigenvalue weighted by molar-refractivity contribution is 7.15. The number of benzene rings is 1. The molecule has 19 heavy (non-hydrogen) atoms. The van der Waals surface area contributed by atoms with E-state index in [9.17, 15) is 17.6 Å². The van der Waals surface area contributed by atoms with Crippen molar-refractivity contribution in [1.29, 1.82) is 0 Å². The highest BCUT2D eigenvalue weighted by Crippen LogP contribution is 2.32. The Morgan fingerprint density at radius 1 is 1.16 bits per heavy atom. The summed E-state index contributed by atoms with van der Waals surface area (Å²) >= 11 is 0.427. The minimum absolute atomic E-state index is 0.0728. The molecule has 0 unspecified atom stereocenters. The smallest absolute Gasteiger partial charge is 0.360 e. The standard InChI is InChI=1S/C11H9F4N3S/c12-8-4-2-1-3-7(8)5-6-16-10-18-17-9(19-10)11(13,14)15/h1-4H,5-6H2,(H,16,18). The minimum Gasteiger partial charge on any atom is -0.360 e. The van der Waals surface area contributed by atoms with E-state index in [1.54, 1.807) is 18.2 Å². The number of hydrogen-bond acceptors (Lipinski definition) is 4. The number of anilines is 1. The van der Waals surface area contributed by atoms with Gasteiger partial charge in [0, 0.05) is 6.54 Å². The SMILES string of the molecule is Fc1ccccc1CCNc1nnc(C(F)(F)F)s1. The fourth-order valence-electron chi connectivity index (χ4n) is 1.41. The Morgan fingerprint density at radius 3 is 2.53 bits per heavy atom. The number of rotatable bonds is 4. The van der Waals surface area contributed by atoms with Crippen molar-refractivity contribution in [3.05, 3.63) is 40.7 Å². The van der Waals surface area contributed by atoms with E-state index in [1.807, 2.05) is 0 Å². The fourth-order valence-corrected chi connectivity index (χ4v) is 2.05. The lowest BCUT2D eigenvalue weighted by Gasteiger charge is -2.03. The molecule has 1 aromatic carbocycles. The van der Waals surface area contributed by atoms with Gasteiger partial charge in [-0.15, -0.1) is 10.2 Å². The summed E-state index contributed by atoms with van der Waals surface area (Å²) in [5.74, 6) is -0.336. The molecule has 8 heteroatoms. The van der Waals surface area contributed by atoms with Crippen LogP contribution in [0.25, 0.3) is 0 Å². The minimum atomic E-state index is -4.48. The number of nitrogens with zero attached hydrogens (tertiary/aromatic N) is 2. The summed E-state index contributed by atoms with van der Waals surface area (Å²) in [5.41, 5.74) is 0.496. The lowest BCUT2D eigenvalue weighted by Crippen LogP contribution is -2.05. The average Bonchev–Trinajstić information content (AvgIpc) is 2.80. The van der Waals surface area contributed by atoms with Crippen LogP contribution in [-0.4, -0.2) is 16.7 Å². The van der Waals surface area contributed by atoms with Crippen LogP contribution in [0.3, 0.4) is 0 Å². The van der Waals surface area contributed by atoms with Gasteiger partial charge in [0.25, 0.3) is 0 Å². The molecule has 0 spiro atoms. The second-order valence-corrected chi connectivity index (χ2v) is 4.66. The predicted octanol–water partition coefficient (Wildman–Crippen LogP) is 3.35. The van der Waals surface area contributed by atoms with Crippen molar-refractivity contribution in [2.75, 3.05) is 11.9 Å². The topological polar surface area (TPSA) is 37.8 Å². The molecule has 2 rings (SSSR count). The van der Waals surface area contributed by atoms with E-state index in [1.165, 1.54) is 6.07 Å². The molecule has 102 valence electrons. The Bertz CT molecular complexity index is 553. The molecule has 0 fully saturated rings. The summed E-state index contributed by atoms with van der Waals surface area (Å²) in [4.78, 5) is 0. The molecule has 1 heterocycles. The summed E-state index contributed by atoms with van der Waals surface area (Å²) in [7, 11) is 0. The Hall–Kier alpha value is -1.70. The molecule has 0 aliphatic rings. The van der Waals surface area contributed by atoms with Crippen LogP contribution in [0.1, 0.15) is 10.6 Å². The molecule has 0 aliphatic carbocycles. The first-order valence-electron chi connectivity index (χ1n) is 5.35. The molecular formula is C11H9F4N3S. The maximum absolute atomic E-state index is 13.3. The van der Waals surface area contributed by atoms with Crippen molar-refractivity contribution in [1.82, 2.24) is 10.2 Å². The number of nitrogens with one attached hydrogen (secondary N) is 1. The molecule has 0 bridgehead atoms. The Kier molecular flexibility index (Phi) is 3.98. The van der Waals surface area contributed by atoms with Crippen LogP contribution >= 0.6 is 11.3 Å². The molecule has 2 aromatic rings. The van der Waals surface area contributed by atoms with Crippen molar-refractivity contribution in [2.45, 2.75) is 12.6 Å². The number of alkyl halides is 3. The second-order valence-electron chi connectivity index (χ2n) is 3.68. The van der Waals surface area contributed by atoms with E-state index in [0.717, 1.165) is 0 Å². The fraction of sp³-hybridized carbons (Fsp3) is 0.273. The van der Waals surface area contributed by atoms with Gasteiger partial charge in [0.05, 0.1) is 0 Å². The second kappa shape index (κ2) is 5.52. The first-order valence-corrected chi connectivity index (χ1v) is 6.16. The van der Waals surface area contributed by atoms with E-state index in [-0.39, 0.29) is 17.5 Å². The Balaban J connectivity index is 1.90. The zero-order chi connectivity index (χ0) is 13.9. The van der Waals surface area contributed by atoms with Gasteiger partial charge in [0.2, 0.25) is 10.1 Å². The van der Waals surface area contributed by atoms with Gasteiger partial charge in [-0.1, -0.05) is 29.5 Å². The molecule has 1 N–H and O–H groups in total. The van der Waals surface area contributed by atoms with Gasteiger partial charge in [-0.3, -0.25) is 0 Å². The van der Waals surface area contributed by atoms with Crippen LogP contribution in [-0.2, 0) is 12.6 Å². The first-order chi connectivity index (χ1) is 8.97. The number of halogens is 4. The Morgan fingerprint density at radius 2 is 1.89 bits per heavy atom. The van der Waals surface area contributed by atoms with Gasteiger partial charge in [-0.2, -0.15) is 13.2 Å². The third-order valence-electron chi connectivity index (χ3n) is 2.30. The lowest BCUT2D eigenvalue weighted by molar-refractivity contribution is -0.138. The average molecular weight is 291 g/mol. The monoisotopic (exact) mass is 291 g/mol. The van der Waals surface area contributed by atoms with Crippen molar-refractivity contribution in [3.63, 3.8) is 0 Å². The van der Waals surface area contributed by atoms with Crippen molar-refractivity contribution in [2.24, 2.45) is 0 Å². The van der Waals surface area contributed by atoms with Gasteiger partial charge in [-0.05, 0) is 18.1 Å². The molecule has 3 nitrogen and oxygen atoms in total. The maximum atomic E-state index is 13.3. The molecule has 1 aromatic heterocycles. The summed E-state index contributed by atoms with van der Waals surface area (Å²) in [5, 5.41) is 8.18. The zero-order valence-corrected chi connectivity index (χ0v) is 10.4. The number of aromatic nitrogens is 2. The summed E-state index contributed by atoms with van der Waals surface area (Å²) in [6.45, 7) is 0.285. The van der Waals surface area contributed by atoms with E-state index in [4.69, 9.17) is 0 Å². The van der Waals surface area contributed by atoms with E-state index >= 15 is 0 Å². The lowest BCUT2D eigenvalue weighted by atomic mass is 10.1. The largest absolute Gasteiger partial charge is 0.445 e. The Labute approximate surface area is 110 Å². The van der Waals surface area contributed by atoms with Crippen LogP contribution in [0.4, 0.5) is 22.7 Å². The third-order valence-corrected chi connectivity index (χ3v) is 3.22. The number of hydrogen-bond donors (Lipinski definition) is 1. The van der Waals surface area contributed by atoms with E-state index in [2.05, 4.69) is 15.5 Å². The summed E-state index contributed by atoms with van der Waals surface area (Å²) < 4.78 is 50.1. The van der Waals surface area contributed by atoms with Gasteiger partial charge >= 0.3 is 6.18 Å². The van der Waals surface area contributed by atoms with E-state index in [0.29, 0.717) is 23.3 Å². The van der Waals surface area contributed by atoms with Crippen molar-refractivity contribution in [3.8, 4) is 0 Å². The molecule has 0 saturated carbocycles. The highest BCUT2D eigenvalue weighted by Gasteiger charge is 2.35. The first kappa shape index (κ1) is 13.7. The molecule has 0 radical (unpaired) electrons. The quantitative estimate of drug-likeness (QED) is 0.878. The predicted molar refractivity (Wildman–Crippen MR) is 63.5 cm³/mol. The van der Waals surface area contributed by atoms with Gasteiger partial charge < -0.3 is 5.32 Å². The third kappa shape index (κ3) is 3.63. The summed E-state index contributed by atoms with van der Waals surface area (Å²) in [6, 6.07) is 6.23. The van der Waals surface area contributed by atoms with Gasteiger partial charge in [0.15, 0.2) is 0 Å². The molecule has 0 atom stereocenters. The zero-order valence-electron chi connectivity index (χ0n) is 9.54. The highest BCUT2D eigenvalue weighted by atomic mass is 32.1. The van der Waals surface area contributed by atoms with E-state index < -0.39 is 11.2 Å². The molecular weight excluding hydrogens is 282 g/mol. The van der Waals surface area contributed by atoms with Crippen molar-refractivity contribution < 1.29 is 17.6 Å². The van der Waals surface area contributed by atoms with Gasteiger partial charge in [-0.25, -0.2) is 4.39 Å².